The van der Waals surface area contributed by atoms with Gasteiger partial charge in [-0.3, -0.25) is 9.59 Å². The lowest BCUT2D eigenvalue weighted by atomic mass is 9.31. The maximum atomic E-state index is 13.5. The van der Waals surface area contributed by atoms with Gasteiger partial charge >= 0.3 is 5.97 Å². The Morgan fingerprint density at radius 3 is 2.29 bits per heavy atom. The summed E-state index contributed by atoms with van der Waals surface area (Å²) in [5.41, 5.74) is -0.652. The molecule has 0 aromatic rings. The normalized spacial score (nSPS) is 47.9. The van der Waals surface area contributed by atoms with Crippen LogP contribution >= 0.6 is 0 Å². The van der Waals surface area contributed by atoms with E-state index < -0.39 is 10.8 Å². The van der Waals surface area contributed by atoms with Gasteiger partial charge in [0.05, 0.1) is 23.8 Å². The van der Waals surface area contributed by atoms with Crippen molar-refractivity contribution in [2.24, 2.45) is 61.3 Å². The van der Waals surface area contributed by atoms with Gasteiger partial charge in [0.15, 0.2) is 5.78 Å². The minimum atomic E-state index is -0.621. The monoisotopic (exact) mass is 522 g/mol. The molecule has 0 bridgehead atoms. The van der Waals surface area contributed by atoms with Crippen molar-refractivity contribution in [3.8, 4) is 6.07 Å². The largest absolute Gasteiger partial charge is 0.469 e. The van der Waals surface area contributed by atoms with Crippen LogP contribution in [0.1, 0.15) is 99.8 Å². The smallest absolute Gasteiger partial charge is 0.312 e. The van der Waals surface area contributed by atoms with Crippen molar-refractivity contribution in [3.05, 3.63) is 11.6 Å². The van der Waals surface area contributed by atoms with E-state index >= 15 is 0 Å². The number of nitriles is 1. The number of fused-ring (bicyclic) bond motifs is 7. The van der Waals surface area contributed by atoms with Gasteiger partial charge in [-0.15, -0.1) is 0 Å². The molecule has 0 spiro atoms. The first-order valence-corrected chi connectivity index (χ1v) is 14.5. The molecule has 5 aliphatic rings. The van der Waals surface area contributed by atoms with Crippen LogP contribution in [0, 0.1) is 67.5 Å². The average molecular weight is 523 g/mol. The zero-order valence-electron chi connectivity index (χ0n) is 24.6. The third-order valence-electron chi connectivity index (χ3n) is 13.2. The minimum Gasteiger partial charge on any atom is -0.469 e. The van der Waals surface area contributed by atoms with Crippen LogP contribution in [0.25, 0.3) is 0 Å². The van der Waals surface area contributed by atoms with Crippen LogP contribution in [0.3, 0.4) is 0 Å². The SMILES string of the molecule is COC(=O)[C@]12CCC(C)(C)CC1C1/C(=N\O)C[C@@H]3[C@@]4(C)C=C(C#N)C(=O)C(C)(C)[C@@H]4CC[C@@]3(C)[C@]1(C)CC2. The number of ether oxygens (including phenoxy) is 1. The van der Waals surface area contributed by atoms with Gasteiger partial charge in [-0.25, -0.2) is 0 Å². The van der Waals surface area contributed by atoms with Crippen molar-refractivity contribution >= 4 is 17.5 Å². The minimum absolute atomic E-state index is 0.0148. The Hall–Kier alpha value is -2.16. The predicted octanol–water partition coefficient (Wildman–Crippen LogP) is 6.72. The quantitative estimate of drug-likeness (QED) is 0.234. The molecule has 4 saturated carbocycles. The van der Waals surface area contributed by atoms with Crippen LogP contribution in [0.5, 0.6) is 0 Å². The molecular weight excluding hydrogens is 476 g/mol. The van der Waals surface area contributed by atoms with Gasteiger partial charge in [0.1, 0.15) is 6.07 Å². The number of ketones is 1. The second kappa shape index (κ2) is 8.18. The van der Waals surface area contributed by atoms with Crippen molar-refractivity contribution in [1.82, 2.24) is 0 Å². The molecule has 0 radical (unpaired) electrons. The van der Waals surface area contributed by atoms with E-state index in [1.807, 2.05) is 19.9 Å². The predicted molar refractivity (Wildman–Crippen MR) is 145 cm³/mol. The summed E-state index contributed by atoms with van der Waals surface area (Å²) in [6.45, 7) is 15.7. The van der Waals surface area contributed by atoms with Crippen molar-refractivity contribution in [2.45, 2.75) is 99.8 Å². The van der Waals surface area contributed by atoms with Crippen LogP contribution in [-0.2, 0) is 14.3 Å². The molecule has 0 aliphatic heterocycles. The van der Waals surface area contributed by atoms with Gasteiger partial charge in [0.2, 0.25) is 0 Å². The summed E-state index contributed by atoms with van der Waals surface area (Å²) >= 11 is 0. The van der Waals surface area contributed by atoms with Gasteiger partial charge in [0, 0.05) is 11.3 Å². The number of carbonyl (C=O) groups excluding carboxylic acids is 2. The van der Waals surface area contributed by atoms with E-state index in [0.29, 0.717) is 6.42 Å². The highest BCUT2D eigenvalue weighted by Crippen LogP contribution is 2.76. The van der Waals surface area contributed by atoms with Gasteiger partial charge in [-0.2, -0.15) is 5.26 Å². The standard InChI is InChI=1S/C32H46N2O4/c1-27(2)11-13-32(26(36)38-8)14-12-31(7)24(20(32)17-27)21(34-37)15-23-29(5)16-19(18-33)25(35)28(3,4)22(29)9-10-30(23,31)6/h16,20,22-24,37H,9-15,17H2,1-8H3/b34-21-/t20?,22-,23+,24?,29-,30+,31+,32-/m0/s1. The summed E-state index contributed by atoms with van der Waals surface area (Å²) in [6.07, 6.45) is 8.87. The topological polar surface area (TPSA) is 99.8 Å². The summed E-state index contributed by atoms with van der Waals surface area (Å²) in [7, 11) is 1.51. The lowest BCUT2D eigenvalue weighted by Crippen LogP contribution is -2.69. The van der Waals surface area contributed by atoms with Gasteiger partial charge < -0.3 is 9.94 Å². The highest BCUT2D eigenvalue weighted by molar-refractivity contribution is 6.04. The Morgan fingerprint density at radius 2 is 1.68 bits per heavy atom. The van der Waals surface area contributed by atoms with Crippen LogP contribution in [-0.4, -0.2) is 29.8 Å². The van der Waals surface area contributed by atoms with E-state index in [-0.39, 0.29) is 62.7 Å². The van der Waals surface area contributed by atoms with Crippen molar-refractivity contribution in [2.75, 3.05) is 7.11 Å². The molecule has 1 N–H and O–H groups in total. The number of rotatable bonds is 1. The molecule has 6 nitrogen and oxygen atoms in total. The molecule has 2 unspecified atom stereocenters. The summed E-state index contributed by atoms with van der Waals surface area (Å²) in [5.74, 6) is 0.129. The molecule has 6 heteroatoms. The number of oxime groups is 1. The van der Waals surface area contributed by atoms with Gasteiger partial charge in [0.25, 0.3) is 0 Å². The maximum Gasteiger partial charge on any atom is 0.312 e. The number of hydrogen-bond donors (Lipinski definition) is 1. The second-order valence-electron chi connectivity index (χ2n) is 15.5. The van der Waals surface area contributed by atoms with Gasteiger partial charge in [-0.1, -0.05) is 59.7 Å². The molecule has 5 aliphatic carbocycles. The highest BCUT2D eigenvalue weighted by atomic mass is 16.5. The molecular formula is C32H46N2O4. The second-order valence-corrected chi connectivity index (χ2v) is 15.5. The van der Waals surface area contributed by atoms with E-state index in [0.717, 1.165) is 50.7 Å². The summed E-state index contributed by atoms with van der Waals surface area (Å²) < 4.78 is 5.46. The number of nitrogens with zero attached hydrogens (tertiary/aromatic N) is 2. The van der Waals surface area contributed by atoms with Crippen LogP contribution in [0.4, 0.5) is 0 Å². The molecule has 0 heterocycles. The van der Waals surface area contributed by atoms with Crippen molar-refractivity contribution < 1.29 is 19.5 Å². The summed E-state index contributed by atoms with van der Waals surface area (Å²) in [4.78, 5) is 26.8. The Kier molecular flexibility index (Phi) is 5.90. The van der Waals surface area contributed by atoms with E-state index in [4.69, 9.17) is 4.74 Å². The molecule has 0 aromatic heterocycles. The number of allylic oxidation sites excluding steroid dienone is 2. The molecule has 0 aromatic carbocycles. The molecule has 208 valence electrons. The van der Waals surface area contributed by atoms with E-state index in [1.165, 1.54) is 7.11 Å². The fourth-order valence-electron chi connectivity index (χ4n) is 11.0. The van der Waals surface area contributed by atoms with Crippen molar-refractivity contribution in [3.63, 3.8) is 0 Å². The first-order valence-electron chi connectivity index (χ1n) is 14.5. The molecule has 0 saturated heterocycles. The number of methoxy groups -OCH3 is 1. The third-order valence-corrected chi connectivity index (χ3v) is 13.2. The number of hydrogen-bond acceptors (Lipinski definition) is 6. The number of esters is 1. The average Bonchev–Trinajstić information content (AvgIpc) is 2.85. The Bertz CT molecular complexity index is 1180. The third kappa shape index (κ3) is 3.20. The zero-order valence-corrected chi connectivity index (χ0v) is 24.6. The fourth-order valence-corrected chi connectivity index (χ4v) is 11.0. The maximum absolute atomic E-state index is 13.5. The first-order chi connectivity index (χ1) is 17.6. The zero-order chi connectivity index (χ0) is 28.1. The van der Waals surface area contributed by atoms with Gasteiger partial charge in [-0.05, 0) is 90.8 Å². The summed E-state index contributed by atoms with van der Waals surface area (Å²) in [5, 5.41) is 24.5. The van der Waals surface area contributed by atoms with E-state index in [9.17, 15) is 20.1 Å². The molecule has 5 rings (SSSR count). The first kappa shape index (κ1) is 27.4. The number of Topliss-reactive ketones (excluding diaryl/α,β-unsaturated/α-hetero) is 1. The van der Waals surface area contributed by atoms with E-state index in [2.05, 4.69) is 45.8 Å². The Morgan fingerprint density at radius 1 is 1.03 bits per heavy atom. The lowest BCUT2D eigenvalue weighted by Gasteiger charge is -2.72. The summed E-state index contributed by atoms with van der Waals surface area (Å²) in [6, 6.07) is 2.22. The van der Waals surface area contributed by atoms with Crippen LogP contribution in [0.15, 0.2) is 16.8 Å². The Labute approximate surface area is 228 Å². The molecule has 4 fully saturated rings. The highest BCUT2D eigenvalue weighted by Gasteiger charge is 2.72. The van der Waals surface area contributed by atoms with Crippen molar-refractivity contribution in [1.29, 1.82) is 5.26 Å². The lowest BCUT2D eigenvalue weighted by molar-refractivity contribution is -0.207. The van der Waals surface area contributed by atoms with E-state index in [1.54, 1.807) is 0 Å². The number of carbonyl (C=O) groups is 2. The fraction of sp³-hybridized carbons (Fsp3) is 0.812. The molecule has 0 amide bonds. The molecule has 8 atom stereocenters. The van der Waals surface area contributed by atoms with Crippen LogP contribution < -0.4 is 0 Å². The Balaban J connectivity index is 1.68. The molecule has 38 heavy (non-hydrogen) atoms. The van der Waals surface area contributed by atoms with Crippen LogP contribution in [0.2, 0.25) is 0 Å².